The van der Waals surface area contributed by atoms with Crippen molar-refractivity contribution < 1.29 is 0 Å². The molecule has 0 aliphatic rings. The lowest BCUT2D eigenvalue weighted by atomic mass is 10.8. The van der Waals surface area contributed by atoms with Crippen LogP contribution in [0.15, 0.2) is 0 Å². The van der Waals surface area contributed by atoms with Crippen molar-refractivity contribution in [3.8, 4) is 6.07 Å². The molecular weight excluding hydrogens is 179 g/mol. The molecule has 0 fully saturated rings. The van der Waals surface area contributed by atoms with Crippen molar-refractivity contribution in [3.05, 3.63) is 14.5 Å². The van der Waals surface area contributed by atoms with Crippen molar-refractivity contribution >= 4 is 34.5 Å². The molecule has 0 radical (unpaired) electrons. The zero-order valence-corrected chi connectivity index (χ0v) is 6.39. The summed E-state index contributed by atoms with van der Waals surface area (Å²) in [4.78, 5) is 3.62. The SMILES string of the molecule is N#Cc1nc(Cl)c(Cl)s1. The third-order valence-corrected chi connectivity index (χ3v) is 2.29. The summed E-state index contributed by atoms with van der Waals surface area (Å²) in [6.45, 7) is 0. The van der Waals surface area contributed by atoms with Gasteiger partial charge < -0.3 is 0 Å². The Hall–Kier alpha value is -0.300. The Morgan fingerprint density at radius 2 is 2.22 bits per heavy atom. The van der Waals surface area contributed by atoms with E-state index in [-0.39, 0.29) is 5.15 Å². The Kier molecular flexibility index (Phi) is 1.91. The van der Waals surface area contributed by atoms with E-state index in [1.54, 1.807) is 0 Å². The molecule has 0 spiro atoms. The molecule has 0 N–H and O–H groups in total. The number of thiazole rings is 1. The zero-order chi connectivity index (χ0) is 6.85. The lowest BCUT2D eigenvalue weighted by Crippen LogP contribution is -1.65. The molecule has 0 aromatic carbocycles. The molecule has 1 heterocycles. The molecule has 0 aliphatic heterocycles. The van der Waals surface area contributed by atoms with E-state index < -0.39 is 0 Å². The molecular formula is C4Cl2N2S. The van der Waals surface area contributed by atoms with Crippen LogP contribution in [0, 0.1) is 11.3 Å². The topological polar surface area (TPSA) is 36.7 Å². The third-order valence-electron chi connectivity index (χ3n) is 0.644. The second kappa shape index (κ2) is 2.53. The Labute approximate surface area is 65.7 Å². The van der Waals surface area contributed by atoms with Gasteiger partial charge in [-0.15, -0.1) is 0 Å². The maximum atomic E-state index is 8.26. The first kappa shape index (κ1) is 6.81. The minimum absolute atomic E-state index is 0.207. The van der Waals surface area contributed by atoms with Crippen molar-refractivity contribution in [2.75, 3.05) is 0 Å². The number of nitriles is 1. The molecule has 0 saturated carbocycles. The highest BCUT2D eigenvalue weighted by Gasteiger charge is 2.04. The van der Waals surface area contributed by atoms with Gasteiger partial charge in [0.2, 0.25) is 0 Å². The lowest BCUT2D eigenvalue weighted by molar-refractivity contribution is 1.35. The average Bonchev–Trinajstić information content (AvgIpc) is 2.13. The summed E-state index contributed by atoms with van der Waals surface area (Å²) < 4.78 is 0.369. The summed E-state index contributed by atoms with van der Waals surface area (Å²) in [6.07, 6.45) is 0. The second-order valence-electron chi connectivity index (χ2n) is 1.20. The number of rotatable bonds is 0. The van der Waals surface area contributed by atoms with Gasteiger partial charge in [-0.3, -0.25) is 0 Å². The number of halogens is 2. The first-order chi connectivity index (χ1) is 4.24. The predicted octanol–water partition coefficient (Wildman–Crippen LogP) is 2.32. The van der Waals surface area contributed by atoms with E-state index in [2.05, 4.69) is 4.98 Å². The van der Waals surface area contributed by atoms with E-state index in [0.29, 0.717) is 9.34 Å². The molecule has 0 bridgehead atoms. The molecule has 9 heavy (non-hydrogen) atoms. The molecule has 0 amide bonds. The van der Waals surface area contributed by atoms with Crippen molar-refractivity contribution in [1.82, 2.24) is 4.98 Å². The van der Waals surface area contributed by atoms with Gasteiger partial charge in [-0.05, 0) is 0 Å². The fourth-order valence-corrected chi connectivity index (χ4v) is 1.32. The normalized spacial score (nSPS) is 9.00. The van der Waals surface area contributed by atoms with Crippen LogP contribution in [0.1, 0.15) is 5.01 Å². The minimum Gasteiger partial charge on any atom is -0.212 e. The minimum atomic E-state index is 0.207. The standard InChI is InChI=1S/C4Cl2N2S/c5-3-4(6)9-2(1-7)8-3. The highest BCUT2D eigenvalue weighted by Crippen LogP contribution is 2.27. The van der Waals surface area contributed by atoms with Gasteiger partial charge in [-0.1, -0.05) is 34.5 Å². The molecule has 46 valence electrons. The Balaban J connectivity index is 3.16. The number of nitrogens with zero attached hydrogens (tertiary/aromatic N) is 2. The molecule has 0 aliphatic carbocycles. The Morgan fingerprint density at radius 3 is 2.44 bits per heavy atom. The predicted molar refractivity (Wildman–Crippen MR) is 36.8 cm³/mol. The highest BCUT2D eigenvalue weighted by molar-refractivity contribution is 7.16. The van der Waals surface area contributed by atoms with Crippen LogP contribution < -0.4 is 0 Å². The third kappa shape index (κ3) is 1.33. The van der Waals surface area contributed by atoms with Crippen LogP contribution in [0.5, 0.6) is 0 Å². The quantitative estimate of drug-likeness (QED) is 0.612. The van der Waals surface area contributed by atoms with E-state index >= 15 is 0 Å². The number of hydrogen-bond acceptors (Lipinski definition) is 3. The van der Waals surface area contributed by atoms with Gasteiger partial charge in [0.25, 0.3) is 0 Å². The van der Waals surface area contributed by atoms with Crippen molar-refractivity contribution in [2.24, 2.45) is 0 Å². The molecule has 1 aromatic rings. The molecule has 1 rings (SSSR count). The van der Waals surface area contributed by atoms with Crippen LogP contribution in [0.25, 0.3) is 0 Å². The maximum Gasteiger partial charge on any atom is 0.197 e. The van der Waals surface area contributed by atoms with Gasteiger partial charge in [-0.2, -0.15) is 5.26 Å². The summed E-state index contributed by atoms with van der Waals surface area (Å²) in [6, 6.07) is 1.83. The molecule has 0 saturated heterocycles. The summed E-state index contributed by atoms with van der Waals surface area (Å²) in [7, 11) is 0. The second-order valence-corrected chi connectivity index (χ2v) is 3.15. The molecule has 0 unspecified atom stereocenters. The number of hydrogen-bond donors (Lipinski definition) is 0. The van der Waals surface area contributed by atoms with Gasteiger partial charge in [-0.25, -0.2) is 4.98 Å². The van der Waals surface area contributed by atoms with Crippen LogP contribution in [0.3, 0.4) is 0 Å². The maximum absolute atomic E-state index is 8.26. The molecule has 0 atom stereocenters. The van der Waals surface area contributed by atoms with Crippen LogP contribution >= 0.6 is 34.5 Å². The first-order valence-corrected chi connectivity index (χ1v) is 3.53. The monoisotopic (exact) mass is 178 g/mol. The van der Waals surface area contributed by atoms with E-state index in [1.807, 2.05) is 6.07 Å². The van der Waals surface area contributed by atoms with Crippen molar-refractivity contribution in [2.45, 2.75) is 0 Å². The van der Waals surface area contributed by atoms with Crippen molar-refractivity contribution in [3.63, 3.8) is 0 Å². The van der Waals surface area contributed by atoms with Gasteiger partial charge in [0.05, 0.1) is 0 Å². The van der Waals surface area contributed by atoms with E-state index in [0.717, 1.165) is 11.3 Å². The fraction of sp³-hybridized carbons (Fsp3) is 0. The molecule has 2 nitrogen and oxygen atoms in total. The van der Waals surface area contributed by atoms with Gasteiger partial charge in [0.15, 0.2) is 10.2 Å². The molecule has 1 aromatic heterocycles. The van der Waals surface area contributed by atoms with E-state index in [1.165, 1.54) is 0 Å². The van der Waals surface area contributed by atoms with Crippen LogP contribution in [-0.2, 0) is 0 Å². The summed E-state index contributed by atoms with van der Waals surface area (Å²) >= 11 is 12.0. The van der Waals surface area contributed by atoms with Gasteiger partial charge in [0.1, 0.15) is 10.4 Å². The smallest absolute Gasteiger partial charge is 0.197 e. The van der Waals surface area contributed by atoms with E-state index in [9.17, 15) is 0 Å². The van der Waals surface area contributed by atoms with Crippen LogP contribution in [-0.4, -0.2) is 4.98 Å². The zero-order valence-electron chi connectivity index (χ0n) is 4.06. The van der Waals surface area contributed by atoms with Gasteiger partial charge >= 0.3 is 0 Å². The largest absolute Gasteiger partial charge is 0.212 e. The van der Waals surface area contributed by atoms with E-state index in [4.69, 9.17) is 28.5 Å². The van der Waals surface area contributed by atoms with Gasteiger partial charge in [0, 0.05) is 0 Å². The molecule has 5 heteroatoms. The van der Waals surface area contributed by atoms with Crippen molar-refractivity contribution in [1.29, 1.82) is 5.26 Å². The lowest BCUT2D eigenvalue weighted by Gasteiger charge is -1.71. The summed E-state index contributed by atoms with van der Waals surface area (Å²) in [5.74, 6) is 0. The fourth-order valence-electron chi connectivity index (χ4n) is 0.331. The Bertz CT molecular complexity index is 243. The average molecular weight is 179 g/mol. The summed E-state index contributed by atoms with van der Waals surface area (Å²) in [5, 5.41) is 8.76. The van der Waals surface area contributed by atoms with Crippen LogP contribution in [0.4, 0.5) is 0 Å². The Morgan fingerprint density at radius 1 is 1.56 bits per heavy atom. The first-order valence-electron chi connectivity index (χ1n) is 1.96. The summed E-state index contributed by atoms with van der Waals surface area (Å²) in [5.41, 5.74) is 0. The highest BCUT2D eigenvalue weighted by atomic mass is 35.5. The number of aromatic nitrogens is 1. The van der Waals surface area contributed by atoms with Crippen LogP contribution in [0.2, 0.25) is 9.49 Å².